The highest BCUT2D eigenvalue weighted by Crippen LogP contribution is 2.25. The van der Waals surface area contributed by atoms with E-state index < -0.39 is 11.8 Å². The Balaban J connectivity index is 1.23. The summed E-state index contributed by atoms with van der Waals surface area (Å²) in [6.45, 7) is 0.287. The number of carbonyl (C=O) groups excluding carboxylic acids is 4. The number of fused-ring (bicyclic) bond motifs is 1. The smallest absolute Gasteiger partial charge is 0.272 e. The molecule has 0 saturated heterocycles. The Morgan fingerprint density at radius 1 is 0.833 bits per heavy atom. The van der Waals surface area contributed by atoms with Crippen LogP contribution in [-0.2, 0) is 4.79 Å². The van der Waals surface area contributed by atoms with Crippen LogP contribution in [0.3, 0.4) is 0 Å². The molecule has 5 rings (SSSR count). The summed E-state index contributed by atoms with van der Waals surface area (Å²) in [5, 5.41) is 5.56. The van der Waals surface area contributed by atoms with Gasteiger partial charge in [0.1, 0.15) is 11.4 Å². The van der Waals surface area contributed by atoms with Gasteiger partial charge in [-0.1, -0.05) is 42.5 Å². The molecular weight excluding hydrogens is 550 g/mol. The molecule has 2 N–H and O–H groups in total. The van der Waals surface area contributed by atoms with E-state index in [-0.39, 0.29) is 24.1 Å². The molecule has 9 heteroatoms. The average Bonchev–Trinajstić information content (AvgIpc) is 3.27. The summed E-state index contributed by atoms with van der Waals surface area (Å²) in [5.41, 5.74) is 2.58. The normalized spacial score (nSPS) is 12.6. The second-order valence-corrected chi connectivity index (χ2v) is 10.5. The fourth-order valence-electron chi connectivity index (χ4n) is 4.37. The molecule has 0 radical (unpaired) electrons. The van der Waals surface area contributed by atoms with Gasteiger partial charge in [0.05, 0.1) is 18.2 Å². The number of hydrogen-bond acceptors (Lipinski definition) is 6. The van der Waals surface area contributed by atoms with Gasteiger partial charge in [0.15, 0.2) is 0 Å². The van der Waals surface area contributed by atoms with Crippen molar-refractivity contribution in [2.24, 2.45) is 0 Å². The lowest BCUT2D eigenvalue weighted by atomic mass is 10.1. The van der Waals surface area contributed by atoms with Gasteiger partial charge in [-0.05, 0) is 72.3 Å². The molecule has 4 aromatic rings. The van der Waals surface area contributed by atoms with E-state index in [0.29, 0.717) is 39.4 Å². The molecular formula is C33H27N3O5S. The number of hydrogen-bond donors (Lipinski definition) is 2. The van der Waals surface area contributed by atoms with Crippen LogP contribution >= 0.6 is 11.8 Å². The Hall–Kier alpha value is -5.15. The molecule has 0 bridgehead atoms. The van der Waals surface area contributed by atoms with Gasteiger partial charge in [-0.15, -0.1) is 11.8 Å². The van der Waals surface area contributed by atoms with Crippen molar-refractivity contribution in [1.82, 2.24) is 10.2 Å². The van der Waals surface area contributed by atoms with Gasteiger partial charge in [0.25, 0.3) is 23.6 Å². The highest BCUT2D eigenvalue weighted by Gasteiger charge is 2.34. The Morgan fingerprint density at radius 2 is 1.50 bits per heavy atom. The number of nitrogens with one attached hydrogen (secondary N) is 2. The maximum absolute atomic E-state index is 13.3. The number of nitrogens with zero attached hydrogens (tertiary/aromatic N) is 1. The summed E-state index contributed by atoms with van der Waals surface area (Å²) in [4.78, 5) is 53.5. The first kappa shape index (κ1) is 28.4. The van der Waals surface area contributed by atoms with Crippen LogP contribution in [0.5, 0.6) is 5.75 Å². The van der Waals surface area contributed by atoms with Crippen molar-refractivity contribution >= 4 is 47.2 Å². The van der Waals surface area contributed by atoms with Crippen molar-refractivity contribution in [2.45, 2.75) is 4.90 Å². The van der Waals surface area contributed by atoms with E-state index in [1.165, 1.54) is 16.7 Å². The van der Waals surface area contributed by atoms with Crippen LogP contribution in [0.4, 0.5) is 5.69 Å². The summed E-state index contributed by atoms with van der Waals surface area (Å²) in [6.07, 6.45) is 1.59. The molecule has 4 aromatic carbocycles. The highest BCUT2D eigenvalue weighted by molar-refractivity contribution is 7.99. The van der Waals surface area contributed by atoms with Crippen LogP contribution in [-0.4, -0.2) is 47.9 Å². The third kappa shape index (κ3) is 6.59. The highest BCUT2D eigenvalue weighted by atomic mass is 32.2. The van der Waals surface area contributed by atoms with Gasteiger partial charge >= 0.3 is 0 Å². The van der Waals surface area contributed by atoms with Crippen molar-refractivity contribution < 1.29 is 23.9 Å². The number of anilines is 1. The van der Waals surface area contributed by atoms with Gasteiger partial charge in [0.2, 0.25) is 0 Å². The first-order valence-corrected chi connectivity index (χ1v) is 14.1. The average molecular weight is 578 g/mol. The first-order valence-electron chi connectivity index (χ1n) is 13.1. The molecule has 1 aliphatic heterocycles. The number of ether oxygens (including phenoxy) is 1. The second kappa shape index (κ2) is 13.0. The molecule has 42 heavy (non-hydrogen) atoms. The zero-order valence-electron chi connectivity index (χ0n) is 22.7. The zero-order valence-corrected chi connectivity index (χ0v) is 23.5. The summed E-state index contributed by atoms with van der Waals surface area (Å²) in [5.74, 6) is -0.305. The minimum atomic E-state index is -0.492. The lowest BCUT2D eigenvalue weighted by molar-refractivity contribution is -0.113. The van der Waals surface area contributed by atoms with Crippen LogP contribution in [0.2, 0.25) is 0 Å². The minimum absolute atomic E-state index is 0.0662. The lowest BCUT2D eigenvalue weighted by Crippen LogP contribution is -2.31. The Kier molecular flexibility index (Phi) is 8.79. The fourth-order valence-corrected chi connectivity index (χ4v) is 5.21. The predicted molar refractivity (Wildman–Crippen MR) is 162 cm³/mol. The molecule has 4 amide bonds. The van der Waals surface area contributed by atoms with E-state index in [9.17, 15) is 19.2 Å². The van der Waals surface area contributed by atoms with E-state index in [2.05, 4.69) is 10.6 Å². The third-order valence-electron chi connectivity index (χ3n) is 6.51. The lowest BCUT2D eigenvalue weighted by Gasteiger charge is -2.14. The number of imide groups is 1. The third-order valence-corrected chi connectivity index (χ3v) is 7.50. The molecule has 0 fully saturated rings. The topological polar surface area (TPSA) is 105 Å². The van der Waals surface area contributed by atoms with E-state index in [0.717, 1.165) is 4.90 Å². The monoisotopic (exact) mass is 577 g/mol. The van der Waals surface area contributed by atoms with E-state index in [4.69, 9.17) is 4.74 Å². The molecule has 0 aromatic heterocycles. The standard InChI is InChI=1S/C33H27N3O5S/c1-41-25-11-7-8-22(20-25)21-29(35-30(37)23-9-3-2-4-10-23)31(38)34-24-14-16-26(17-15-24)42-19-18-36-32(39)27-12-5-6-13-28(27)33(36)40/h2-17,20-21H,18-19H2,1H3,(H,34,38)(H,35,37)/b29-21-. The predicted octanol–water partition coefficient (Wildman–Crippen LogP) is 5.49. The van der Waals surface area contributed by atoms with Crippen LogP contribution in [0, 0.1) is 0 Å². The van der Waals surface area contributed by atoms with Crippen molar-refractivity contribution in [3.05, 3.63) is 131 Å². The summed E-state index contributed by atoms with van der Waals surface area (Å²) in [6, 6.07) is 29.8. The number of methoxy groups -OCH3 is 1. The second-order valence-electron chi connectivity index (χ2n) is 9.29. The molecule has 210 valence electrons. The van der Waals surface area contributed by atoms with Crippen molar-refractivity contribution in [3.63, 3.8) is 0 Å². The van der Waals surface area contributed by atoms with Crippen LogP contribution in [0.1, 0.15) is 36.6 Å². The SMILES string of the molecule is COc1cccc(/C=C(\NC(=O)c2ccccc2)C(=O)Nc2ccc(SCCN3C(=O)c4ccccc4C3=O)cc2)c1. The Labute approximate surface area is 247 Å². The summed E-state index contributed by atoms with van der Waals surface area (Å²) >= 11 is 1.50. The molecule has 0 atom stereocenters. The van der Waals surface area contributed by atoms with Crippen molar-refractivity contribution in [3.8, 4) is 5.75 Å². The number of carbonyl (C=O) groups is 4. The van der Waals surface area contributed by atoms with Crippen molar-refractivity contribution in [2.75, 3.05) is 24.7 Å². The van der Waals surface area contributed by atoms with Gasteiger partial charge in [-0.3, -0.25) is 24.1 Å². The van der Waals surface area contributed by atoms with E-state index >= 15 is 0 Å². The van der Waals surface area contributed by atoms with Gasteiger partial charge in [0, 0.05) is 28.4 Å². The van der Waals surface area contributed by atoms with Crippen LogP contribution in [0.25, 0.3) is 6.08 Å². The number of thioether (sulfide) groups is 1. The molecule has 1 heterocycles. The maximum Gasteiger partial charge on any atom is 0.272 e. The van der Waals surface area contributed by atoms with Gasteiger partial charge in [-0.25, -0.2) is 0 Å². The van der Waals surface area contributed by atoms with Gasteiger partial charge < -0.3 is 15.4 Å². The number of rotatable bonds is 10. The molecule has 1 aliphatic rings. The minimum Gasteiger partial charge on any atom is -0.497 e. The molecule has 8 nitrogen and oxygen atoms in total. The van der Waals surface area contributed by atoms with E-state index in [1.54, 1.807) is 98.1 Å². The van der Waals surface area contributed by atoms with Crippen LogP contribution < -0.4 is 15.4 Å². The summed E-state index contributed by atoms with van der Waals surface area (Å²) in [7, 11) is 1.56. The summed E-state index contributed by atoms with van der Waals surface area (Å²) < 4.78 is 5.28. The van der Waals surface area contributed by atoms with Crippen molar-refractivity contribution in [1.29, 1.82) is 0 Å². The maximum atomic E-state index is 13.3. The van der Waals surface area contributed by atoms with Gasteiger partial charge in [-0.2, -0.15) is 0 Å². The Morgan fingerprint density at radius 3 is 2.17 bits per heavy atom. The molecule has 0 saturated carbocycles. The number of benzene rings is 4. The van der Waals surface area contributed by atoms with Crippen LogP contribution in [0.15, 0.2) is 114 Å². The fraction of sp³-hybridized carbons (Fsp3) is 0.0909. The molecule has 0 aliphatic carbocycles. The van der Waals surface area contributed by atoms with E-state index in [1.807, 2.05) is 18.2 Å². The Bertz CT molecular complexity index is 1630. The molecule has 0 unspecified atom stereocenters. The molecule has 0 spiro atoms. The number of amides is 4. The largest absolute Gasteiger partial charge is 0.497 e. The first-order chi connectivity index (χ1) is 20.4. The zero-order chi connectivity index (χ0) is 29.5. The quantitative estimate of drug-likeness (QED) is 0.147.